The second-order valence-corrected chi connectivity index (χ2v) is 6.02. The summed E-state index contributed by atoms with van der Waals surface area (Å²) in [5, 5.41) is 0. The molecule has 3 rings (SSSR count). The number of hydrogen-bond acceptors (Lipinski definition) is 3. The number of ketones is 1. The van der Waals surface area contributed by atoms with Crippen molar-refractivity contribution in [2.75, 3.05) is 0 Å². The van der Waals surface area contributed by atoms with Crippen LogP contribution in [0.15, 0.2) is 91.0 Å². The lowest BCUT2D eigenvalue weighted by atomic mass is 10.1. The fourth-order valence-corrected chi connectivity index (χ4v) is 2.59. The van der Waals surface area contributed by atoms with E-state index in [2.05, 4.69) is 0 Å². The maximum atomic E-state index is 12.5. The molecule has 0 radical (unpaired) electrons. The Labute approximate surface area is 154 Å². The Morgan fingerprint density at radius 3 is 1.54 bits per heavy atom. The highest BCUT2D eigenvalue weighted by Crippen LogP contribution is 2.14. The topological polar surface area (TPSA) is 35.5 Å². The van der Waals surface area contributed by atoms with Crippen LogP contribution in [0.3, 0.4) is 0 Å². The van der Waals surface area contributed by atoms with Crippen molar-refractivity contribution >= 4 is 5.78 Å². The van der Waals surface area contributed by atoms with Gasteiger partial charge in [-0.2, -0.15) is 0 Å². The number of Topliss-reactive ketones (excluding diaryl/α,β-unsaturated/α-hetero) is 1. The molecule has 0 heterocycles. The van der Waals surface area contributed by atoms with Crippen molar-refractivity contribution < 1.29 is 14.3 Å². The Morgan fingerprint density at radius 1 is 0.654 bits per heavy atom. The van der Waals surface area contributed by atoms with Crippen LogP contribution < -0.4 is 0 Å². The van der Waals surface area contributed by atoms with Crippen LogP contribution in [0.4, 0.5) is 0 Å². The van der Waals surface area contributed by atoms with E-state index in [1.807, 2.05) is 91.0 Å². The lowest BCUT2D eigenvalue weighted by molar-refractivity contribution is -0.154. The van der Waals surface area contributed by atoms with E-state index in [0.717, 1.165) is 11.1 Å². The van der Waals surface area contributed by atoms with Crippen LogP contribution >= 0.6 is 0 Å². The Bertz CT molecular complexity index is 742. The standard InChI is InChI=1S/C23H22O3/c24-22(21-14-8-3-9-15-21)16-23(25-17-19-10-4-1-5-11-19)26-18-20-12-6-2-7-13-20/h1-15,23H,16-18H2. The highest BCUT2D eigenvalue weighted by molar-refractivity contribution is 5.96. The Kier molecular flexibility index (Phi) is 6.71. The summed E-state index contributed by atoms with van der Waals surface area (Å²) in [6.45, 7) is 0.810. The summed E-state index contributed by atoms with van der Waals surface area (Å²) in [7, 11) is 0. The van der Waals surface area contributed by atoms with Crippen LogP contribution in [0.25, 0.3) is 0 Å². The number of ether oxygens (including phenoxy) is 2. The first-order chi connectivity index (χ1) is 12.8. The van der Waals surface area contributed by atoms with Gasteiger partial charge in [0.15, 0.2) is 12.1 Å². The van der Waals surface area contributed by atoms with Gasteiger partial charge in [0.25, 0.3) is 0 Å². The molecule has 0 saturated carbocycles. The van der Waals surface area contributed by atoms with E-state index in [0.29, 0.717) is 18.8 Å². The SMILES string of the molecule is O=C(CC(OCc1ccccc1)OCc1ccccc1)c1ccccc1. The summed E-state index contributed by atoms with van der Waals surface area (Å²) in [6.07, 6.45) is -0.410. The monoisotopic (exact) mass is 346 g/mol. The van der Waals surface area contributed by atoms with Gasteiger partial charge in [-0.1, -0.05) is 91.0 Å². The van der Waals surface area contributed by atoms with Gasteiger partial charge in [-0.25, -0.2) is 0 Å². The molecule has 0 spiro atoms. The van der Waals surface area contributed by atoms with Crippen LogP contribution in [0.1, 0.15) is 27.9 Å². The normalized spacial score (nSPS) is 10.8. The van der Waals surface area contributed by atoms with E-state index in [1.54, 1.807) is 0 Å². The third-order valence-electron chi connectivity index (χ3n) is 4.01. The van der Waals surface area contributed by atoms with Crippen LogP contribution in [0.5, 0.6) is 0 Å². The zero-order valence-electron chi connectivity index (χ0n) is 14.6. The van der Waals surface area contributed by atoms with Crippen LogP contribution in [-0.4, -0.2) is 12.1 Å². The fourth-order valence-electron chi connectivity index (χ4n) is 2.59. The van der Waals surface area contributed by atoms with E-state index in [4.69, 9.17) is 9.47 Å². The van der Waals surface area contributed by atoms with Crippen molar-refractivity contribution in [3.8, 4) is 0 Å². The molecule has 0 bridgehead atoms. The van der Waals surface area contributed by atoms with E-state index >= 15 is 0 Å². The van der Waals surface area contributed by atoms with Crippen LogP contribution in [-0.2, 0) is 22.7 Å². The average Bonchev–Trinajstić information content (AvgIpc) is 2.72. The van der Waals surface area contributed by atoms with Crippen molar-refractivity contribution in [3.63, 3.8) is 0 Å². The third kappa shape index (κ3) is 5.66. The van der Waals surface area contributed by atoms with Gasteiger partial charge in [-0.05, 0) is 11.1 Å². The summed E-state index contributed by atoms with van der Waals surface area (Å²) in [6, 6.07) is 29.0. The minimum atomic E-state index is -0.594. The smallest absolute Gasteiger partial charge is 0.167 e. The summed E-state index contributed by atoms with van der Waals surface area (Å²) in [4.78, 5) is 12.5. The zero-order valence-corrected chi connectivity index (χ0v) is 14.6. The molecule has 0 amide bonds. The summed E-state index contributed by atoms with van der Waals surface area (Å²) < 4.78 is 11.8. The van der Waals surface area contributed by atoms with Gasteiger partial charge < -0.3 is 9.47 Å². The number of benzene rings is 3. The molecule has 0 atom stereocenters. The van der Waals surface area contributed by atoms with Crippen molar-refractivity contribution in [3.05, 3.63) is 108 Å². The third-order valence-corrected chi connectivity index (χ3v) is 4.01. The van der Waals surface area contributed by atoms with Crippen LogP contribution in [0, 0.1) is 0 Å². The molecule has 26 heavy (non-hydrogen) atoms. The highest BCUT2D eigenvalue weighted by atomic mass is 16.7. The molecule has 0 saturated heterocycles. The molecule has 0 aliphatic heterocycles. The number of carbonyl (C=O) groups is 1. The summed E-state index contributed by atoms with van der Waals surface area (Å²) in [5.74, 6) is 0.0109. The molecule has 0 unspecified atom stereocenters. The maximum absolute atomic E-state index is 12.5. The Hall–Kier alpha value is -2.75. The van der Waals surface area contributed by atoms with Crippen molar-refractivity contribution in [2.45, 2.75) is 25.9 Å². The molecule has 0 aliphatic carbocycles. The zero-order chi connectivity index (χ0) is 18.0. The number of rotatable bonds is 9. The van der Waals surface area contributed by atoms with Crippen molar-refractivity contribution in [2.24, 2.45) is 0 Å². The quantitative estimate of drug-likeness (QED) is 0.403. The molecule has 3 aromatic rings. The second kappa shape index (κ2) is 9.66. The fraction of sp³-hybridized carbons (Fsp3) is 0.174. The Balaban J connectivity index is 1.63. The van der Waals surface area contributed by atoms with Gasteiger partial charge in [0, 0.05) is 5.56 Å². The lowest BCUT2D eigenvalue weighted by Gasteiger charge is -2.18. The van der Waals surface area contributed by atoms with E-state index in [-0.39, 0.29) is 12.2 Å². The molecule has 0 N–H and O–H groups in total. The molecule has 132 valence electrons. The molecule has 0 fully saturated rings. The van der Waals surface area contributed by atoms with E-state index in [1.165, 1.54) is 0 Å². The van der Waals surface area contributed by atoms with Gasteiger partial charge in [-0.3, -0.25) is 4.79 Å². The molecule has 0 aromatic heterocycles. The van der Waals surface area contributed by atoms with Crippen molar-refractivity contribution in [1.29, 1.82) is 0 Å². The van der Waals surface area contributed by atoms with Gasteiger partial charge >= 0.3 is 0 Å². The first kappa shape index (κ1) is 18.1. The van der Waals surface area contributed by atoms with Gasteiger partial charge in [0.05, 0.1) is 19.6 Å². The molecule has 3 nitrogen and oxygen atoms in total. The van der Waals surface area contributed by atoms with Gasteiger partial charge in [0.2, 0.25) is 0 Å². The minimum Gasteiger partial charge on any atom is -0.347 e. The van der Waals surface area contributed by atoms with E-state index < -0.39 is 6.29 Å². The molecular formula is C23H22O3. The van der Waals surface area contributed by atoms with Gasteiger partial charge in [0.1, 0.15) is 0 Å². The Morgan fingerprint density at radius 2 is 1.08 bits per heavy atom. The van der Waals surface area contributed by atoms with Gasteiger partial charge in [-0.15, -0.1) is 0 Å². The first-order valence-corrected chi connectivity index (χ1v) is 8.70. The highest BCUT2D eigenvalue weighted by Gasteiger charge is 2.17. The van der Waals surface area contributed by atoms with E-state index in [9.17, 15) is 4.79 Å². The molecule has 3 heteroatoms. The predicted molar refractivity (Wildman–Crippen MR) is 102 cm³/mol. The molecular weight excluding hydrogens is 324 g/mol. The maximum Gasteiger partial charge on any atom is 0.167 e. The largest absolute Gasteiger partial charge is 0.347 e. The number of carbonyl (C=O) groups excluding carboxylic acids is 1. The average molecular weight is 346 g/mol. The lowest BCUT2D eigenvalue weighted by Crippen LogP contribution is -2.21. The predicted octanol–water partition coefficient (Wildman–Crippen LogP) is 5.02. The number of hydrogen-bond donors (Lipinski definition) is 0. The van der Waals surface area contributed by atoms with Crippen molar-refractivity contribution in [1.82, 2.24) is 0 Å². The second-order valence-electron chi connectivity index (χ2n) is 6.02. The first-order valence-electron chi connectivity index (χ1n) is 8.70. The minimum absolute atomic E-state index is 0.0109. The van der Waals surface area contributed by atoms with Crippen LogP contribution in [0.2, 0.25) is 0 Å². The molecule has 0 aliphatic rings. The summed E-state index contributed by atoms with van der Waals surface area (Å²) in [5.41, 5.74) is 2.77. The summed E-state index contributed by atoms with van der Waals surface area (Å²) >= 11 is 0. The molecule has 3 aromatic carbocycles.